The second kappa shape index (κ2) is 5.90. The number of anilines is 1. The Balaban J connectivity index is 2.12. The Morgan fingerprint density at radius 3 is 2.86 bits per heavy atom. The van der Waals surface area contributed by atoms with Crippen LogP contribution in [0, 0.1) is 0 Å². The molecule has 22 heavy (non-hydrogen) atoms. The Labute approximate surface area is 128 Å². The molecule has 1 aliphatic rings. The molecule has 1 saturated heterocycles. The first-order valence-electron chi connectivity index (χ1n) is 7.21. The summed E-state index contributed by atoms with van der Waals surface area (Å²) in [6.07, 6.45) is -0.616. The van der Waals surface area contributed by atoms with E-state index in [1.54, 1.807) is 6.07 Å². The van der Waals surface area contributed by atoms with E-state index in [1.165, 1.54) is 7.11 Å². The van der Waals surface area contributed by atoms with Crippen LogP contribution in [0.15, 0.2) is 30.3 Å². The normalized spacial score (nSPS) is 19.4. The van der Waals surface area contributed by atoms with Crippen molar-refractivity contribution in [1.82, 2.24) is 9.88 Å². The highest BCUT2D eigenvalue weighted by Crippen LogP contribution is 2.29. The highest BCUT2D eigenvalue weighted by atomic mass is 16.5. The predicted octanol–water partition coefficient (Wildman–Crippen LogP) is 1.09. The van der Waals surface area contributed by atoms with Crippen LogP contribution >= 0.6 is 0 Å². The molecule has 1 aliphatic heterocycles. The SMILES string of the molecule is COC(=O)c1cc(N2CCN(C)C[C@@H]2O)c2ccccc2n1. The number of aliphatic hydroxyl groups is 1. The van der Waals surface area contributed by atoms with Crippen LogP contribution in [0.25, 0.3) is 10.9 Å². The number of aromatic nitrogens is 1. The van der Waals surface area contributed by atoms with Crippen LogP contribution in [0.1, 0.15) is 10.5 Å². The molecule has 0 bridgehead atoms. The van der Waals surface area contributed by atoms with Gasteiger partial charge in [0.15, 0.2) is 5.69 Å². The molecule has 1 aromatic heterocycles. The third-order valence-electron chi connectivity index (χ3n) is 3.96. The lowest BCUT2D eigenvalue weighted by Gasteiger charge is -2.39. The number of ether oxygens (including phenoxy) is 1. The van der Waals surface area contributed by atoms with E-state index >= 15 is 0 Å². The second-order valence-electron chi connectivity index (χ2n) is 5.47. The molecule has 1 N–H and O–H groups in total. The molecular weight excluding hydrogens is 282 g/mol. The van der Waals surface area contributed by atoms with Crippen LogP contribution in [-0.2, 0) is 4.74 Å². The molecule has 3 rings (SSSR count). The molecule has 0 spiro atoms. The fraction of sp³-hybridized carbons (Fsp3) is 0.375. The van der Waals surface area contributed by atoms with Crippen LogP contribution in [0.5, 0.6) is 0 Å². The number of β-amino-alcohol motifs (C(OH)–C–C–N with tert-alkyl or cyclic N) is 1. The van der Waals surface area contributed by atoms with Crippen molar-refractivity contribution in [2.45, 2.75) is 6.23 Å². The molecule has 1 fully saturated rings. The average Bonchev–Trinajstić information content (AvgIpc) is 2.53. The number of benzene rings is 1. The van der Waals surface area contributed by atoms with Gasteiger partial charge in [0, 0.05) is 25.0 Å². The van der Waals surface area contributed by atoms with Crippen molar-refractivity contribution in [2.24, 2.45) is 0 Å². The van der Waals surface area contributed by atoms with Crippen molar-refractivity contribution >= 4 is 22.6 Å². The summed E-state index contributed by atoms with van der Waals surface area (Å²) in [6.45, 7) is 2.10. The second-order valence-corrected chi connectivity index (χ2v) is 5.47. The van der Waals surface area contributed by atoms with Crippen LogP contribution in [0.2, 0.25) is 0 Å². The van der Waals surface area contributed by atoms with Gasteiger partial charge >= 0.3 is 5.97 Å². The van der Waals surface area contributed by atoms with E-state index < -0.39 is 12.2 Å². The summed E-state index contributed by atoms with van der Waals surface area (Å²) < 4.78 is 4.78. The summed E-state index contributed by atoms with van der Waals surface area (Å²) in [5.41, 5.74) is 1.78. The Hall–Kier alpha value is -2.18. The fourth-order valence-corrected chi connectivity index (χ4v) is 2.78. The summed E-state index contributed by atoms with van der Waals surface area (Å²) >= 11 is 0. The summed E-state index contributed by atoms with van der Waals surface area (Å²) in [5.74, 6) is -0.476. The van der Waals surface area contributed by atoms with E-state index in [4.69, 9.17) is 4.74 Å². The van der Waals surface area contributed by atoms with Crippen LogP contribution < -0.4 is 4.90 Å². The number of rotatable bonds is 2. The summed E-state index contributed by atoms with van der Waals surface area (Å²) in [7, 11) is 3.31. The van der Waals surface area contributed by atoms with Crippen molar-refractivity contribution in [3.05, 3.63) is 36.0 Å². The molecule has 6 nitrogen and oxygen atoms in total. The highest BCUT2D eigenvalue weighted by Gasteiger charge is 2.26. The van der Waals surface area contributed by atoms with Gasteiger partial charge in [-0.3, -0.25) is 0 Å². The van der Waals surface area contributed by atoms with Gasteiger partial charge in [-0.05, 0) is 19.2 Å². The van der Waals surface area contributed by atoms with Crippen LogP contribution in [0.4, 0.5) is 5.69 Å². The Bertz CT molecular complexity index is 704. The predicted molar refractivity (Wildman–Crippen MR) is 83.9 cm³/mol. The van der Waals surface area contributed by atoms with Gasteiger partial charge in [-0.1, -0.05) is 18.2 Å². The van der Waals surface area contributed by atoms with Gasteiger partial charge < -0.3 is 19.6 Å². The molecule has 0 aliphatic carbocycles. The molecule has 116 valence electrons. The van der Waals surface area contributed by atoms with Gasteiger partial charge in [0.05, 0.1) is 18.3 Å². The number of hydrogen-bond acceptors (Lipinski definition) is 6. The Kier molecular flexibility index (Phi) is 3.96. The highest BCUT2D eigenvalue weighted by molar-refractivity contribution is 5.98. The maximum atomic E-state index is 11.9. The van der Waals surface area contributed by atoms with Gasteiger partial charge in [-0.25, -0.2) is 9.78 Å². The van der Waals surface area contributed by atoms with Crippen LogP contribution in [-0.4, -0.2) is 61.0 Å². The number of para-hydroxylation sites is 1. The van der Waals surface area contributed by atoms with E-state index in [-0.39, 0.29) is 5.69 Å². The number of carbonyl (C=O) groups is 1. The number of methoxy groups -OCH3 is 1. The van der Waals surface area contributed by atoms with Gasteiger partial charge in [-0.15, -0.1) is 0 Å². The van der Waals surface area contributed by atoms with E-state index in [9.17, 15) is 9.90 Å². The minimum atomic E-state index is -0.616. The Morgan fingerprint density at radius 1 is 1.36 bits per heavy atom. The molecule has 2 heterocycles. The Morgan fingerprint density at radius 2 is 2.14 bits per heavy atom. The van der Waals surface area contributed by atoms with Gasteiger partial charge in [0.25, 0.3) is 0 Å². The monoisotopic (exact) mass is 301 g/mol. The smallest absolute Gasteiger partial charge is 0.356 e. The molecular formula is C16H19N3O3. The minimum Gasteiger partial charge on any atom is -0.464 e. The molecule has 1 aromatic carbocycles. The summed E-state index contributed by atoms with van der Waals surface area (Å²) in [5, 5.41) is 11.3. The number of esters is 1. The number of nitrogens with zero attached hydrogens (tertiary/aromatic N) is 3. The first kappa shape index (κ1) is 14.7. The molecule has 0 saturated carbocycles. The summed E-state index contributed by atoms with van der Waals surface area (Å²) in [6, 6.07) is 9.30. The molecule has 0 amide bonds. The fourth-order valence-electron chi connectivity index (χ4n) is 2.78. The van der Waals surface area contributed by atoms with E-state index in [2.05, 4.69) is 9.88 Å². The number of carbonyl (C=O) groups excluding carboxylic acids is 1. The van der Waals surface area contributed by atoms with E-state index in [0.717, 1.165) is 17.6 Å². The van der Waals surface area contributed by atoms with Crippen molar-refractivity contribution in [3.8, 4) is 0 Å². The number of likely N-dealkylation sites (N-methyl/N-ethyl adjacent to an activating group) is 1. The zero-order chi connectivity index (χ0) is 15.7. The first-order valence-corrected chi connectivity index (χ1v) is 7.21. The lowest BCUT2D eigenvalue weighted by molar-refractivity contribution is 0.0594. The average molecular weight is 301 g/mol. The van der Waals surface area contributed by atoms with E-state index in [1.807, 2.05) is 36.2 Å². The van der Waals surface area contributed by atoms with Crippen LogP contribution in [0.3, 0.4) is 0 Å². The third kappa shape index (κ3) is 2.63. The lowest BCUT2D eigenvalue weighted by atomic mass is 10.1. The molecule has 0 unspecified atom stereocenters. The third-order valence-corrected chi connectivity index (χ3v) is 3.96. The van der Waals surface area contributed by atoms with E-state index in [0.29, 0.717) is 18.6 Å². The largest absolute Gasteiger partial charge is 0.464 e. The van der Waals surface area contributed by atoms with Crippen molar-refractivity contribution in [3.63, 3.8) is 0 Å². The van der Waals surface area contributed by atoms with Gasteiger partial charge in [0.1, 0.15) is 6.23 Å². The topological polar surface area (TPSA) is 65.9 Å². The quantitative estimate of drug-likeness (QED) is 0.838. The first-order chi connectivity index (χ1) is 10.6. The number of piperazine rings is 1. The number of fused-ring (bicyclic) bond motifs is 1. The maximum Gasteiger partial charge on any atom is 0.356 e. The maximum absolute atomic E-state index is 11.9. The zero-order valence-corrected chi connectivity index (χ0v) is 12.7. The number of hydrogen-bond donors (Lipinski definition) is 1. The van der Waals surface area contributed by atoms with Gasteiger partial charge in [-0.2, -0.15) is 0 Å². The van der Waals surface area contributed by atoms with Gasteiger partial charge in [0.2, 0.25) is 0 Å². The molecule has 1 atom stereocenters. The number of aliphatic hydroxyl groups excluding tert-OH is 1. The summed E-state index contributed by atoms with van der Waals surface area (Å²) in [4.78, 5) is 20.2. The lowest BCUT2D eigenvalue weighted by Crippen LogP contribution is -2.52. The molecule has 2 aromatic rings. The molecule has 6 heteroatoms. The number of pyridine rings is 1. The van der Waals surface area contributed by atoms with Crippen molar-refractivity contribution in [2.75, 3.05) is 38.7 Å². The van der Waals surface area contributed by atoms with Crippen molar-refractivity contribution < 1.29 is 14.6 Å². The standard InChI is InChI=1S/C16H19N3O3/c1-18-7-8-19(15(20)10-18)14-9-13(16(21)22-2)17-12-6-4-3-5-11(12)14/h3-6,9,15,20H,7-8,10H2,1-2H3/t15-/m0/s1. The minimum absolute atomic E-state index is 0.252. The zero-order valence-electron chi connectivity index (χ0n) is 12.7. The van der Waals surface area contributed by atoms with Crippen molar-refractivity contribution in [1.29, 1.82) is 0 Å². The molecule has 0 radical (unpaired) electrons.